The molecule has 4 aromatic rings. The van der Waals surface area contributed by atoms with Gasteiger partial charge in [0.25, 0.3) is 0 Å². The Hall–Kier alpha value is -4.30. The Labute approximate surface area is 197 Å². The van der Waals surface area contributed by atoms with Crippen LogP contribution in [0, 0.1) is 0 Å². The van der Waals surface area contributed by atoms with E-state index in [0.29, 0.717) is 25.6 Å². The van der Waals surface area contributed by atoms with Crippen molar-refractivity contribution < 1.29 is 14.3 Å². The molecule has 8 heteroatoms. The fourth-order valence-electron chi connectivity index (χ4n) is 3.19. The van der Waals surface area contributed by atoms with Crippen LogP contribution in [0.25, 0.3) is 23.0 Å². The van der Waals surface area contributed by atoms with Crippen LogP contribution in [0.2, 0.25) is 0 Å². The van der Waals surface area contributed by atoms with Crippen LogP contribution < -0.4 is 10.1 Å². The summed E-state index contributed by atoms with van der Waals surface area (Å²) in [7, 11) is 1.62. The summed E-state index contributed by atoms with van der Waals surface area (Å²) in [5.74, 6) is 0.301. The Balaban J connectivity index is 1.43. The van der Waals surface area contributed by atoms with Crippen LogP contribution in [0.3, 0.4) is 0 Å². The van der Waals surface area contributed by atoms with Gasteiger partial charge >= 0.3 is 0 Å². The number of hydrogen-bond donors (Lipinski definition) is 1. The SMILES string of the molecule is COCCOc1ccc(CNC(=O)/C=C/c2cn(-c3ccccc3)nc2-c2cccnc2)cn1. The predicted octanol–water partition coefficient (Wildman–Crippen LogP) is 3.68. The number of nitrogens with one attached hydrogen (secondary N) is 1. The molecule has 1 amide bonds. The van der Waals surface area contributed by atoms with Gasteiger partial charge < -0.3 is 14.8 Å². The third-order valence-corrected chi connectivity index (χ3v) is 4.91. The molecule has 4 rings (SSSR count). The van der Waals surface area contributed by atoms with Crippen LogP contribution in [-0.4, -0.2) is 46.0 Å². The van der Waals surface area contributed by atoms with Gasteiger partial charge in [-0.3, -0.25) is 9.78 Å². The third-order valence-electron chi connectivity index (χ3n) is 4.91. The first kappa shape index (κ1) is 22.9. The Kier molecular flexibility index (Phi) is 7.76. The molecule has 0 saturated carbocycles. The van der Waals surface area contributed by atoms with Crippen LogP contribution in [0.4, 0.5) is 0 Å². The van der Waals surface area contributed by atoms with E-state index >= 15 is 0 Å². The number of para-hydroxylation sites is 1. The number of carbonyl (C=O) groups excluding carboxylic acids is 1. The number of aromatic nitrogens is 4. The molecule has 0 bridgehead atoms. The standard InChI is InChI=1S/C26H25N5O3/c1-33-14-15-34-25-12-9-20(17-29-25)16-28-24(32)11-10-22-19-31(23-7-3-2-4-8-23)30-26(22)21-6-5-13-27-18-21/h2-13,17-19H,14-16H2,1H3,(H,28,32)/b11-10+. The number of nitrogens with zero attached hydrogens (tertiary/aromatic N) is 4. The molecule has 34 heavy (non-hydrogen) atoms. The molecule has 3 heterocycles. The van der Waals surface area contributed by atoms with E-state index in [9.17, 15) is 4.79 Å². The highest BCUT2D eigenvalue weighted by Crippen LogP contribution is 2.24. The Morgan fingerprint density at radius 2 is 1.94 bits per heavy atom. The maximum atomic E-state index is 12.5. The van der Waals surface area contributed by atoms with Crippen molar-refractivity contribution in [1.82, 2.24) is 25.1 Å². The molecule has 0 saturated heterocycles. The van der Waals surface area contributed by atoms with Crippen molar-refractivity contribution in [3.05, 3.63) is 96.6 Å². The molecular formula is C26H25N5O3. The highest BCUT2D eigenvalue weighted by atomic mass is 16.5. The smallest absolute Gasteiger partial charge is 0.244 e. The first-order valence-corrected chi connectivity index (χ1v) is 10.8. The van der Waals surface area contributed by atoms with Crippen molar-refractivity contribution >= 4 is 12.0 Å². The van der Waals surface area contributed by atoms with E-state index in [2.05, 4.69) is 15.3 Å². The lowest BCUT2D eigenvalue weighted by atomic mass is 10.1. The predicted molar refractivity (Wildman–Crippen MR) is 129 cm³/mol. The second-order valence-corrected chi connectivity index (χ2v) is 7.35. The van der Waals surface area contributed by atoms with E-state index in [4.69, 9.17) is 14.6 Å². The summed E-state index contributed by atoms with van der Waals surface area (Å²) in [6.07, 6.45) is 10.3. The van der Waals surface area contributed by atoms with E-state index in [1.807, 2.05) is 54.7 Å². The van der Waals surface area contributed by atoms with Crippen molar-refractivity contribution in [1.29, 1.82) is 0 Å². The number of ether oxygens (including phenoxy) is 2. The second-order valence-electron chi connectivity index (χ2n) is 7.35. The van der Waals surface area contributed by atoms with Crippen LogP contribution >= 0.6 is 0 Å². The monoisotopic (exact) mass is 455 g/mol. The molecule has 0 fully saturated rings. The van der Waals surface area contributed by atoms with E-state index in [0.717, 1.165) is 28.1 Å². The maximum absolute atomic E-state index is 12.5. The zero-order chi connectivity index (χ0) is 23.6. The summed E-state index contributed by atoms with van der Waals surface area (Å²) >= 11 is 0. The zero-order valence-electron chi connectivity index (χ0n) is 18.8. The minimum absolute atomic E-state index is 0.218. The molecule has 0 radical (unpaired) electrons. The average molecular weight is 456 g/mol. The molecule has 0 unspecified atom stereocenters. The van der Waals surface area contributed by atoms with Crippen LogP contribution in [0.1, 0.15) is 11.1 Å². The van der Waals surface area contributed by atoms with E-state index in [1.54, 1.807) is 42.5 Å². The van der Waals surface area contributed by atoms with Crippen LogP contribution in [0.5, 0.6) is 5.88 Å². The van der Waals surface area contributed by atoms with Crippen LogP contribution in [-0.2, 0) is 16.1 Å². The van der Waals surface area contributed by atoms with Crippen LogP contribution in [0.15, 0.2) is 85.5 Å². The molecule has 0 atom stereocenters. The van der Waals surface area contributed by atoms with Crippen molar-refractivity contribution in [3.8, 4) is 22.8 Å². The molecule has 1 aromatic carbocycles. The Morgan fingerprint density at radius 1 is 1.06 bits per heavy atom. The quantitative estimate of drug-likeness (QED) is 0.290. The van der Waals surface area contributed by atoms with Gasteiger partial charge in [-0.1, -0.05) is 24.3 Å². The molecule has 172 valence electrons. The number of pyridine rings is 2. The Bertz CT molecular complexity index is 1220. The first-order chi connectivity index (χ1) is 16.7. The second kappa shape index (κ2) is 11.5. The summed E-state index contributed by atoms with van der Waals surface area (Å²) < 4.78 is 12.2. The zero-order valence-corrected chi connectivity index (χ0v) is 18.8. The molecule has 3 aromatic heterocycles. The van der Waals surface area contributed by atoms with Gasteiger partial charge in [-0.05, 0) is 35.9 Å². The van der Waals surface area contributed by atoms with Gasteiger partial charge in [0.15, 0.2) is 0 Å². The summed E-state index contributed by atoms with van der Waals surface area (Å²) in [4.78, 5) is 20.9. The fraction of sp³-hybridized carbons (Fsp3) is 0.154. The maximum Gasteiger partial charge on any atom is 0.244 e. The van der Waals surface area contributed by atoms with Crippen molar-refractivity contribution in [3.63, 3.8) is 0 Å². The minimum Gasteiger partial charge on any atom is -0.475 e. The lowest BCUT2D eigenvalue weighted by molar-refractivity contribution is -0.116. The number of hydrogen-bond acceptors (Lipinski definition) is 6. The topological polar surface area (TPSA) is 91.2 Å². The van der Waals surface area contributed by atoms with Gasteiger partial charge in [0, 0.05) is 61.7 Å². The molecule has 0 aliphatic heterocycles. The number of benzene rings is 1. The summed E-state index contributed by atoms with van der Waals surface area (Å²) in [6.45, 7) is 1.29. The van der Waals surface area contributed by atoms with Gasteiger partial charge in [-0.15, -0.1) is 0 Å². The number of amides is 1. The number of rotatable bonds is 10. The van der Waals surface area contributed by atoms with Gasteiger partial charge in [0.1, 0.15) is 12.3 Å². The lowest BCUT2D eigenvalue weighted by Crippen LogP contribution is -2.20. The molecule has 0 aliphatic rings. The van der Waals surface area contributed by atoms with Crippen molar-refractivity contribution in [2.24, 2.45) is 0 Å². The van der Waals surface area contributed by atoms with E-state index < -0.39 is 0 Å². The number of carbonyl (C=O) groups is 1. The normalized spacial score (nSPS) is 11.0. The van der Waals surface area contributed by atoms with Crippen molar-refractivity contribution in [2.75, 3.05) is 20.3 Å². The number of methoxy groups -OCH3 is 1. The summed E-state index contributed by atoms with van der Waals surface area (Å²) in [5.41, 5.74) is 4.23. The van der Waals surface area contributed by atoms with E-state index in [1.165, 1.54) is 6.08 Å². The van der Waals surface area contributed by atoms with Gasteiger partial charge in [0.2, 0.25) is 11.8 Å². The first-order valence-electron chi connectivity index (χ1n) is 10.8. The third kappa shape index (κ3) is 6.14. The van der Waals surface area contributed by atoms with Gasteiger partial charge in [0.05, 0.1) is 12.3 Å². The van der Waals surface area contributed by atoms with Gasteiger partial charge in [-0.2, -0.15) is 5.10 Å². The highest BCUT2D eigenvalue weighted by Gasteiger charge is 2.11. The summed E-state index contributed by atoms with van der Waals surface area (Å²) in [6, 6.07) is 17.3. The molecular weight excluding hydrogens is 430 g/mol. The lowest BCUT2D eigenvalue weighted by Gasteiger charge is -2.06. The minimum atomic E-state index is -0.218. The van der Waals surface area contributed by atoms with Crippen molar-refractivity contribution in [2.45, 2.75) is 6.54 Å². The Morgan fingerprint density at radius 3 is 2.68 bits per heavy atom. The fourth-order valence-corrected chi connectivity index (χ4v) is 3.19. The highest BCUT2D eigenvalue weighted by molar-refractivity contribution is 5.92. The average Bonchev–Trinajstić information content (AvgIpc) is 3.32. The molecule has 0 aliphatic carbocycles. The molecule has 0 spiro atoms. The largest absolute Gasteiger partial charge is 0.475 e. The molecule has 8 nitrogen and oxygen atoms in total. The molecule has 1 N–H and O–H groups in total. The summed E-state index contributed by atoms with van der Waals surface area (Å²) in [5, 5.41) is 7.60. The van der Waals surface area contributed by atoms with E-state index in [-0.39, 0.29) is 5.91 Å². The van der Waals surface area contributed by atoms with Gasteiger partial charge in [-0.25, -0.2) is 9.67 Å².